The van der Waals surface area contributed by atoms with Gasteiger partial charge in [-0.1, -0.05) is 71.2 Å². The van der Waals surface area contributed by atoms with Crippen LogP contribution >= 0.6 is 23.2 Å². The van der Waals surface area contributed by atoms with E-state index < -0.39 is 5.91 Å². The summed E-state index contributed by atoms with van der Waals surface area (Å²) in [6, 6.07) is 22.3. The molecule has 0 aliphatic rings. The van der Waals surface area contributed by atoms with Crippen LogP contribution in [0.25, 0.3) is 17.1 Å². The van der Waals surface area contributed by atoms with Gasteiger partial charge in [0.25, 0.3) is 5.91 Å². The van der Waals surface area contributed by atoms with Crippen molar-refractivity contribution in [2.24, 2.45) is 0 Å². The molecule has 0 aliphatic heterocycles. The van der Waals surface area contributed by atoms with E-state index in [0.29, 0.717) is 21.6 Å². The summed E-state index contributed by atoms with van der Waals surface area (Å²) in [6.07, 6.45) is 0. The Labute approximate surface area is 177 Å². The van der Waals surface area contributed by atoms with Crippen LogP contribution in [-0.2, 0) is 0 Å². The molecule has 1 aromatic heterocycles. The lowest BCUT2D eigenvalue weighted by atomic mass is 10.2. The van der Waals surface area contributed by atoms with Crippen molar-refractivity contribution in [3.05, 3.63) is 94.2 Å². The van der Waals surface area contributed by atoms with Gasteiger partial charge in [0.15, 0.2) is 5.82 Å². The summed E-state index contributed by atoms with van der Waals surface area (Å²) >= 11 is 12.1. The molecule has 29 heavy (non-hydrogen) atoms. The molecular weight excluding hydrogens is 407 g/mol. The number of nitrogens with one attached hydrogen (secondary N) is 1. The Bertz CT molecular complexity index is 1170. The Morgan fingerprint density at radius 3 is 2.38 bits per heavy atom. The lowest BCUT2D eigenvalue weighted by Crippen LogP contribution is -2.14. The van der Waals surface area contributed by atoms with Crippen LogP contribution in [0.4, 0.5) is 5.69 Å². The maximum atomic E-state index is 12.8. The molecule has 0 spiro atoms. The van der Waals surface area contributed by atoms with E-state index in [2.05, 4.69) is 15.4 Å². The maximum Gasteiger partial charge on any atom is 0.295 e. The second-order valence-electron chi connectivity index (χ2n) is 6.45. The number of anilines is 1. The van der Waals surface area contributed by atoms with Crippen LogP contribution < -0.4 is 5.32 Å². The normalized spacial score (nSPS) is 10.7. The van der Waals surface area contributed by atoms with E-state index in [9.17, 15) is 4.79 Å². The zero-order valence-corrected chi connectivity index (χ0v) is 16.9. The number of hydrogen-bond acceptors (Lipinski definition) is 3. The summed E-state index contributed by atoms with van der Waals surface area (Å²) in [5, 5.41) is 8.02. The number of aryl methyl sites for hydroxylation is 1. The molecule has 144 valence electrons. The summed E-state index contributed by atoms with van der Waals surface area (Å²) in [5.74, 6) is 0.148. The topological polar surface area (TPSA) is 59.8 Å². The predicted molar refractivity (Wildman–Crippen MR) is 116 cm³/mol. The molecule has 0 unspecified atom stereocenters. The van der Waals surface area contributed by atoms with Crippen molar-refractivity contribution < 1.29 is 4.79 Å². The van der Waals surface area contributed by atoms with Crippen LogP contribution in [-0.4, -0.2) is 20.7 Å². The lowest BCUT2D eigenvalue weighted by Gasteiger charge is -2.06. The second-order valence-corrected chi connectivity index (χ2v) is 7.29. The zero-order valence-electron chi connectivity index (χ0n) is 15.4. The fraction of sp³-hybridized carbons (Fsp3) is 0.0455. The van der Waals surface area contributed by atoms with Gasteiger partial charge in [-0.25, -0.2) is 9.67 Å². The van der Waals surface area contributed by atoms with Gasteiger partial charge >= 0.3 is 0 Å². The molecule has 0 saturated carbocycles. The fourth-order valence-electron chi connectivity index (χ4n) is 2.82. The highest BCUT2D eigenvalue weighted by molar-refractivity contribution is 6.36. The van der Waals surface area contributed by atoms with Gasteiger partial charge in [0.05, 0.1) is 16.4 Å². The smallest absolute Gasteiger partial charge is 0.295 e. The quantitative estimate of drug-likeness (QED) is 0.451. The molecule has 3 aromatic carbocycles. The van der Waals surface area contributed by atoms with Gasteiger partial charge in [-0.3, -0.25) is 4.79 Å². The van der Waals surface area contributed by atoms with Crippen molar-refractivity contribution in [1.82, 2.24) is 14.8 Å². The van der Waals surface area contributed by atoms with Crippen molar-refractivity contribution in [3.63, 3.8) is 0 Å². The first-order chi connectivity index (χ1) is 14.0. The molecule has 1 N–H and O–H groups in total. The number of benzene rings is 3. The van der Waals surface area contributed by atoms with E-state index in [4.69, 9.17) is 23.2 Å². The Hall–Kier alpha value is -3.15. The minimum Gasteiger partial charge on any atom is -0.318 e. The summed E-state index contributed by atoms with van der Waals surface area (Å²) in [5.41, 5.74) is 3.23. The predicted octanol–water partition coefficient (Wildman–Crippen LogP) is 5.80. The van der Waals surface area contributed by atoms with Crippen molar-refractivity contribution in [1.29, 1.82) is 0 Å². The number of hydrogen-bond donors (Lipinski definition) is 1. The summed E-state index contributed by atoms with van der Waals surface area (Å²) < 4.78 is 1.66. The van der Waals surface area contributed by atoms with Crippen molar-refractivity contribution in [2.45, 2.75) is 6.92 Å². The fourth-order valence-corrected chi connectivity index (χ4v) is 3.27. The number of carbonyl (C=O) groups excluding carboxylic acids is 1. The van der Waals surface area contributed by atoms with Gasteiger partial charge in [0.1, 0.15) is 0 Å². The molecule has 1 amide bonds. The number of halogens is 2. The minimum absolute atomic E-state index is 0.0374. The third-order valence-electron chi connectivity index (χ3n) is 4.30. The van der Waals surface area contributed by atoms with Gasteiger partial charge in [-0.2, -0.15) is 0 Å². The van der Waals surface area contributed by atoms with Crippen LogP contribution in [0, 0.1) is 6.92 Å². The molecule has 0 saturated heterocycles. The molecule has 7 heteroatoms. The minimum atomic E-state index is -0.461. The third-order valence-corrected chi connectivity index (χ3v) is 4.85. The highest BCUT2D eigenvalue weighted by Gasteiger charge is 2.19. The Morgan fingerprint density at radius 1 is 0.966 bits per heavy atom. The number of rotatable bonds is 4. The Morgan fingerprint density at radius 2 is 1.69 bits per heavy atom. The van der Waals surface area contributed by atoms with Crippen molar-refractivity contribution in [2.75, 3.05) is 5.32 Å². The standard InChI is InChI=1S/C22H16Cl2N4O/c1-14-7-10-17(11-8-14)28-21(15-5-3-2-4-6-15)26-20(27-28)22(29)25-19-12-9-16(23)13-18(19)24/h2-13H,1H3,(H,25,29). The van der Waals surface area contributed by atoms with Crippen LogP contribution in [0.3, 0.4) is 0 Å². The van der Waals surface area contributed by atoms with Gasteiger partial charge < -0.3 is 5.32 Å². The van der Waals surface area contributed by atoms with E-state index in [1.54, 1.807) is 22.9 Å². The van der Waals surface area contributed by atoms with Gasteiger partial charge in [-0.15, -0.1) is 5.10 Å². The maximum absolute atomic E-state index is 12.8. The number of carbonyl (C=O) groups is 1. The van der Waals surface area contributed by atoms with Crippen LogP contribution in [0.2, 0.25) is 10.0 Å². The monoisotopic (exact) mass is 422 g/mol. The molecule has 0 fully saturated rings. The Kier molecular flexibility index (Phi) is 5.34. The first-order valence-electron chi connectivity index (χ1n) is 8.87. The number of nitrogens with zero attached hydrogens (tertiary/aromatic N) is 3. The molecule has 1 heterocycles. The van der Waals surface area contributed by atoms with Gasteiger partial charge in [0.2, 0.25) is 5.82 Å². The first kappa shape index (κ1) is 19.2. The van der Waals surface area contributed by atoms with Crippen molar-refractivity contribution in [3.8, 4) is 17.1 Å². The summed E-state index contributed by atoms with van der Waals surface area (Å²) in [4.78, 5) is 17.3. The average Bonchev–Trinajstić information content (AvgIpc) is 3.17. The molecule has 0 atom stereocenters. The van der Waals surface area contributed by atoms with Crippen LogP contribution in [0.1, 0.15) is 16.2 Å². The number of aromatic nitrogens is 3. The Balaban J connectivity index is 1.74. The molecular formula is C22H16Cl2N4O. The largest absolute Gasteiger partial charge is 0.318 e. The highest BCUT2D eigenvalue weighted by Crippen LogP contribution is 2.26. The van der Waals surface area contributed by atoms with E-state index in [1.165, 1.54) is 0 Å². The van der Waals surface area contributed by atoms with E-state index in [-0.39, 0.29) is 5.82 Å². The zero-order chi connectivity index (χ0) is 20.4. The van der Waals surface area contributed by atoms with E-state index in [0.717, 1.165) is 16.8 Å². The molecule has 4 rings (SSSR count). The van der Waals surface area contributed by atoms with Gasteiger partial charge in [0, 0.05) is 10.6 Å². The molecule has 4 aromatic rings. The average molecular weight is 423 g/mol. The number of amides is 1. The molecule has 0 bridgehead atoms. The van der Waals surface area contributed by atoms with Crippen LogP contribution in [0.15, 0.2) is 72.8 Å². The van der Waals surface area contributed by atoms with Crippen molar-refractivity contribution >= 4 is 34.8 Å². The highest BCUT2D eigenvalue weighted by atomic mass is 35.5. The van der Waals surface area contributed by atoms with Crippen LogP contribution in [0.5, 0.6) is 0 Å². The summed E-state index contributed by atoms with van der Waals surface area (Å²) in [7, 11) is 0. The van der Waals surface area contributed by atoms with Gasteiger partial charge in [-0.05, 0) is 37.3 Å². The molecule has 5 nitrogen and oxygen atoms in total. The second kappa shape index (κ2) is 8.07. The molecule has 0 radical (unpaired) electrons. The van der Waals surface area contributed by atoms with E-state index in [1.807, 2.05) is 61.5 Å². The third kappa shape index (κ3) is 4.16. The summed E-state index contributed by atoms with van der Waals surface area (Å²) in [6.45, 7) is 2.01. The van der Waals surface area contributed by atoms with E-state index >= 15 is 0 Å². The first-order valence-corrected chi connectivity index (χ1v) is 9.63. The lowest BCUT2D eigenvalue weighted by molar-refractivity contribution is 0.101. The molecule has 0 aliphatic carbocycles. The SMILES string of the molecule is Cc1ccc(-n2nc(C(=O)Nc3ccc(Cl)cc3Cl)nc2-c2ccccc2)cc1.